The molecule has 0 saturated carbocycles. The first-order valence-corrected chi connectivity index (χ1v) is 11.7. The molecule has 0 aliphatic carbocycles. The number of rotatable bonds is 8. The van der Waals surface area contributed by atoms with E-state index in [1.165, 1.54) is 10.8 Å². The number of hydrogen-bond acceptors (Lipinski definition) is 11. The monoisotopic (exact) mass is 503 g/mol. The summed E-state index contributed by atoms with van der Waals surface area (Å²) in [6, 6.07) is 5.40. The Labute approximate surface area is 209 Å². The molecule has 0 bridgehead atoms. The summed E-state index contributed by atoms with van der Waals surface area (Å²) in [4.78, 5) is 28.3. The van der Waals surface area contributed by atoms with Crippen molar-refractivity contribution in [3.63, 3.8) is 0 Å². The van der Waals surface area contributed by atoms with Crippen molar-refractivity contribution in [3.8, 4) is 6.07 Å². The van der Waals surface area contributed by atoms with Gasteiger partial charge in [0.05, 0.1) is 17.2 Å². The number of anilines is 1. The number of nitrogens with two attached hydrogens (primary N) is 1. The normalized spacial score (nSPS) is 24.4. The molecule has 0 unspecified atom stereocenters. The van der Waals surface area contributed by atoms with Gasteiger partial charge in [0.1, 0.15) is 36.7 Å². The summed E-state index contributed by atoms with van der Waals surface area (Å²) >= 11 is 0. The van der Waals surface area contributed by atoms with Gasteiger partial charge < -0.3 is 29.8 Å². The second kappa shape index (κ2) is 10.8. The van der Waals surface area contributed by atoms with Gasteiger partial charge >= 0.3 is 11.9 Å². The molecule has 196 valence electrons. The van der Waals surface area contributed by atoms with Gasteiger partial charge in [0.15, 0.2) is 18.2 Å². The lowest BCUT2D eigenvalue weighted by molar-refractivity contribution is -0.246. The number of carbonyl (C=O) groups is 2. The molecular formula is C24H33N5O7. The van der Waals surface area contributed by atoms with Gasteiger partial charge in [-0.1, -0.05) is 13.8 Å². The fourth-order valence-corrected chi connectivity index (χ4v) is 3.88. The molecule has 12 nitrogen and oxygen atoms in total. The number of esters is 2. The smallest absolute Gasteiger partial charge is 0.313 e. The van der Waals surface area contributed by atoms with E-state index in [4.69, 9.17) is 24.7 Å². The largest absolute Gasteiger partial charge is 0.463 e. The zero-order valence-corrected chi connectivity index (χ0v) is 21.1. The lowest BCUT2D eigenvalue weighted by Crippen LogP contribution is -2.56. The van der Waals surface area contributed by atoms with Crippen molar-refractivity contribution in [2.24, 2.45) is 11.3 Å². The van der Waals surface area contributed by atoms with Crippen LogP contribution < -0.4 is 5.73 Å². The molecule has 0 aromatic carbocycles. The van der Waals surface area contributed by atoms with Crippen molar-refractivity contribution in [2.75, 3.05) is 19.1 Å². The van der Waals surface area contributed by atoms with Crippen LogP contribution in [-0.4, -0.2) is 63.4 Å². The Hall–Kier alpha value is -3.27. The van der Waals surface area contributed by atoms with Crippen LogP contribution in [0.2, 0.25) is 0 Å². The molecule has 1 aliphatic heterocycles. The minimum absolute atomic E-state index is 0.0784. The number of aliphatic hydroxyl groups is 1. The molecule has 3 N–H and O–H groups in total. The Bertz CT molecular complexity index is 1140. The van der Waals surface area contributed by atoms with E-state index < -0.39 is 48.1 Å². The third-order valence-corrected chi connectivity index (χ3v) is 5.72. The fourth-order valence-electron chi connectivity index (χ4n) is 3.88. The Morgan fingerprint density at radius 3 is 2.72 bits per heavy atom. The van der Waals surface area contributed by atoms with Gasteiger partial charge in [-0.05, 0) is 38.8 Å². The molecule has 3 rings (SSSR count). The molecule has 3 heterocycles. The molecule has 0 spiro atoms. The van der Waals surface area contributed by atoms with Crippen LogP contribution in [0.1, 0.15) is 53.2 Å². The minimum Gasteiger partial charge on any atom is -0.463 e. The third kappa shape index (κ3) is 5.92. The summed E-state index contributed by atoms with van der Waals surface area (Å²) in [5.41, 5.74) is 4.31. The molecule has 0 radical (unpaired) electrons. The first-order valence-electron chi connectivity index (χ1n) is 11.7. The average molecular weight is 504 g/mol. The SMILES string of the molecule is CC(C)CC(=O)OC[C@H]1O[C@@](C#N)(c2ccc3c(N)ncnn23)C[C@H](O)[C@@H]1OCOC(=O)C(C)(C)C. The van der Waals surface area contributed by atoms with Crippen LogP contribution in [0.15, 0.2) is 18.5 Å². The zero-order chi connectivity index (χ0) is 26.7. The van der Waals surface area contributed by atoms with Crippen LogP contribution in [0.5, 0.6) is 0 Å². The second-order valence-electron chi connectivity index (χ2n) is 10.2. The van der Waals surface area contributed by atoms with Crippen LogP contribution in [0, 0.1) is 22.7 Å². The van der Waals surface area contributed by atoms with Crippen molar-refractivity contribution in [1.29, 1.82) is 5.26 Å². The first kappa shape index (κ1) is 27.3. The Morgan fingerprint density at radius 2 is 2.08 bits per heavy atom. The summed E-state index contributed by atoms with van der Waals surface area (Å²) in [7, 11) is 0. The molecular weight excluding hydrogens is 470 g/mol. The van der Waals surface area contributed by atoms with E-state index in [9.17, 15) is 20.0 Å². The van der Waals surface area contributed by atoms with E-state index >= 15 is 0 Å². The molecule has 2 aromatic heterocycles. The van der Waals surface area contributed by atoms with Gasteiger partial charge in [-0.25, -0.2) is 9.50 Å². The minimum atomic E-state index is -1.66. The fraction of sp³-hybridized carbons (Fsp3) is 0.625. The number of aromatic nitrogens is 3. The van der Waals surface area contributed by atoms with Gasteiger partial charge in [-0.2, -0.15) is 10.4 Å². The highest BCUT2D eigenvalue weighted by molar-refractivity contribution is 5.75. The Morgan fingerprint density at radius 1 is 1.36 bits per heavy atom. The maximum absolute atomic E-state index is 12.2. The lowest BCUT2D eigenvalue weighted by Gasteiger charge is -2.43. The standard InChI is InChI=1S/C24H33N5O7/c1-14(2)8-19(31)33-10-17-20(34-13-35-22(32)23(3,4)5)16(30)9-24(11-25,36-17)18-7-6-15-21(26)27-12-28-29(15)18/h6-7,12,14,16-17,20,30H,8-10,13H2,1-5H3,(H2,26,27,28)/t16-,17+,20-,24-/m0/s1. The summed E-state index contributed by atoms with van der Waals surface area (Å²) in [6.07, 6.45) is -2.08. The Balaban J connectivity index is 1.87. The molecule has 1 fully saturated rings. The van der Waals surface area contributed by atoms with Crippen molar-refractivity contribution < 1.29 is 33.6 Å². The summed E-state index contributed by atoms with van der Waals surface area (Å²) < 4.78 is 23.9. The number of ether oxygens (including phenoxy) is 4. The van der Waals surface area contributed by atoms with E-state index in [1.54, 1.807) is 32.9 Å². The molecule has 36 heavy (non-hydrogen) atoms. The molecule has 1 aliphatic rings. The molecule has 2 aromatic rings. The van der Waals surface area contributed by atoms with Gasteiger partial charge in [0, 0.05) is 12.8 Å². The molecule has 4 atom stereocenters. The first-order chi connectivity index (χ1) is 16.9. The number of nitrogens with zero attached hydrogens (tertiary/aromatic N) is 4. The van der Waals surface area contributed by atoms with Crippen LogP contribution in [0.25, 0.3) is 5.52 Å². The van der Waals surface area contributed by atoms with Crippen molar-refractivity contribution in [3.05, 3.63) is 24.2 Å². The maximum atomic E-state index is 12.2. The molecule has 1 saturated heterocycles. The van der Waals surface area contributed by atoms with Crippen molar-refractivity contribution in [2.45, 2.75) is 71.4 Å². The quantitative estimate of drug-likeness (QED) is 0.397. The van der Waals surface area contributed by atoms with E-state index in [0.717, 1.165) is 0 Å². The average Bonchev–Trinajstić information content (AvgIpc) is 3.24. The predicted octanol–water partition coefficient (Wildman–Crippen LogP) is 1.70. The van der Waals surface area contributed by atoms with Crippen LogP contribution >= 0.6 is 0 Å². The van der Waals surface area contributed by atoms with Crippen molar-refractivity contribution >= 4 is 23.3 Å². The number of carbonyl (C=O) groups excluding carboxylic acids is 2. The zero-order valence-electron chi connectivity index (χ0n) is 21.1. The number of hydrogen-bond donors (Lipinski definition) is 2. The van der Waals surface area contributed by atoms with Gasteiger partial charge in [0.2, 0.25) is 0 Å². The van der Waals surface area contributed by atoms with E-state index in [2.05, 4.69) is 16.2 Å². The van der Waals surface area contributed by atoms with E-state index in [-0.39, 0.29) is 31.2 Å². The van der Waals surface area contributed by atoms with Crippen LogP contribution in [0.4, 0.5) is 5.82 Å². The maximum Gasteiger partial charge on any atom is 0.313 e. The molecule has 0 amide bonds. The lowest BCUT2D eigenvalue weighted by atomic mass is 9.86. The summed E-state index contributed by atoms with van der Waals surface area (Å²) in [5.74, 6) is -0.656. The highest BCUT2D eigenvalue weighted by Gasteiger charge is 2.51. The highest BCUT2D eigenvalue weighted by Crippen LogP contribution is 2.39. The second-order valence-corrected chi connectivity index (χ2v) is 10.2. The van der Waals surface area contributed by atoms with Crippen LogP contribution in [0.3, 0.4) is 0 Å². The predicted molar refractivity (Wildman–Crippen MR) is 126 cm³/mol. The van der Waals surface area contributed by atoms with Crippen LogP contribution in [-0.2, 0) is 34.1 Å². The summed E-state index contributed by atoms with van der Waals surface area (Å²) in [6.45, 7) is 8.12. The third-order valence-electron chi connectivity index (χ3n) is 5.72. The number of aliphatic hydroxyl groups excluding tert-OH is 1. The highest BCUT2D eigenvalue weighted by atomic mass is 16.7. The van der Waals surface area contributed by atoms with Gasteiger partial charge in [0.25, 0.3) is 0 Å². The Kier molecular flexibility index (Phi) is 8.18. The van der Waals surface area contributed by atoms with Crippen molar-refractivity contribution in [1.82, 2.24) is 14.6 Å². The van der Waals surface area contributed by atoms with E-state index in [0.29, 0.717) is 11.2 Å². The number of nitrogen functional groups attached to an aromatic ring is 1. The van der Waals surface area contributed by atoms with E-state index in [1.807, 2.05) is 13.8 Å². The summed E-state index contributed by atoms with van der Waals surface area (Å²) in [5, 5.41) is 25.4. The number of fused-ring (bicyclic) bond motifs is 1. The molecule has 12 heteroatoms. The van der Waals surface area contributed by atoms with Gasteiger partial charge in [-0.15, -0.1) is 0 Å². The number of nitriles is 1. The van der Waals surface area contributed by atoms with Gasteiger partial charge in [-0.3, -0.25) is 9.59 Å². The topological polar surface area (TPSA) is 171 Å².